The second-order valence-electron chi connectivity index (χ2n) is 10.4. The van der Waals surface area contributed by atoms with E-state index in [1.165, 1.54) is 11.3 Å². The van der Waals surface area contributed by atoms with Crippen molar-refractivity contribution in [3.8, 4) is 0 Å². The van der Waals surface area contributed by atoms with E-state index in [1.807, 2.05) is 42.6 Å². The minimum absolute atomic E-state index is 0.129. The summed E-state index contributed by atoms with van der Waals surface area (Å²) in [7, 11) is 0. The van der Waals surface area contributed by atoms with Crippen LogP contribution in [0.2, 0.25) is 0 Å². The molecule has 4 rings (SSSR count). The summed E-state index contributed by atoms with van der Waals surface area (Å²) in [5, 5.41) is 13.5. The first-order chi connectivity index (χ1) is 17.0. The number of aliphatic hydroxyl groups excluding tert-OH is 1. The molecule has 7 nitrogen and oxygen atoms in total. The molecule has 1 N–H and O–H groups in total. The fourth-order valence-electron chi connectivity index (χ4n) is 4.98. The Hall–Kier alpha value is -3.13. The first-order valence-corrected chi connectivity index (χ1v) is 13.3. The molecule has 8 heteroatoms. The molecule has 0 aliphatic carbocycles. The number of likely N-dealkylation sites (tertiary alicyclic amines) is 2. The Labute approximate surface area is 216 Å². The van der Waals surface area contributed by atoms with Crippen molar-refractivity contribution in [3.05, 3.63) is 62.9 Å². The van der Waals surface area contributed by atoms with E-state index < -0.39 is 17.7 Å². The first-order valence-electron chi connectivity index (χ1n) is 12.4. The van der Waals surface area contributed by atoms with E-state index in [9.17, 15) is 19.5 Å². The number of thiophene rings is 1. The van der Waals surface area contributed by atoms with E-state index in [0.29, 0.717) is 38.1 Å². The number of hydrogen-bond acceptors (Lipinski definition) is 6. The number of amides is 2. The molecule has 1 aromatic heterocycles. The van der Waals surface area contributed by atoms with Crippen molar-refractivity contribution in [2.45, 2.75) is 65.0 Å². The number of aliphatic hydroxyl groups is 1. The zero-order valence-electron chi connectivity index (χ0n) is 21.5. The summed E-state index contributed by atoms with van der Waals surface area (Å²) < 4.78 is 5.12. The molecule has 0 radical (unpaired) electrons. The fourth-order valence-corrected chi connectivity index (χ4v) is 5.81. The Morgan fingerprint density at radius 1 is 1.17 bits per heavy atom. The minimum Gasteiger partial charge on any atom is -0.507 e. The van der Waals surface area contributed by atoms with E-state index in [2.05, 4.69) is 20.8 Å². The molecule has 3 heterocycles. The smallest absolute Gasteiger partial charge is 0.409 e. The van der Waals surface area contributed by atoms with Gasteiger partial charge in [0.2, 0.25) is 0 Å². The van der Waals surface area contributed by atoms with Crippen molar-refractivity contribution < 1.29 is 24.2 Å². The van der Waals surface area contributed by atoms with Gasteiger partial charge in [-0.2, -0.15) is 0 Å². The molecule has 2 fully saturated rings. The number of ether oxygens (including phenoxy) is 1. The maximum Gasteiger partial charge on any atom is 0.409 e. The van der Waals surface area contributed by atoms with Gasteiger partial charge in [-0.05, 0) is 60.7 Å². The normalized spacial score (nSPS) is 20.8. The maximum absolute atomic E-state index is 13.4. The predicted molar refractivity (Wildman–Crippen MR) is 140 cm³/mol. The molecule has 192 valence electrons. The van der Waals surface area contributed by atoms with E-state index in [4.69, 9.17) is 4.74 Å². The van der Waals surface area contributed by atoms with E-state index >= 15 is 0 Å². The number of piperidine rings is 1. The Balaban J connectivity index is 1.75. The van der Waals surface area contributed by atoms with Crippen molar-refractivity contribution in [2.24, 2.45) is 0 Å². The number of aryl methyl sites for hydroxylation is 1. The predicted octanol–water partition coefficient (Wildman–Crippen LogP) is 5.40. The van der Waals surface area contributed by atoms with Gasteiger partial charge in [-0.15, -0.1) is 11.3 Å². The third-order valence-electron chi connectivity index (χ3n) is 7.04. The fraction of sp³-hybridized carbons (Fsp3) is 0.464. The standard InChI is InChI=1S/C28H34N2O5S/c1-6-35-27(34)29-13-11-19(12-14-29)30-23(21-8-7-15-36-21)22(25(32)26(30)33)24(31)20-16-18(28(3,4)5)10-9-17(20)2/h7-10,15-16,19,23,31H,6,11-14H2,1-5H3/b24-22+. The van der Waals surface area contributed by atoms with Crippen LogP contribution in [0.3, 0.4) is 0 Å². The largest absolute Gasteiger partial charge is 0.507 e. The lowest BCUT2D eigenvalue weighted by Gasteiger charge is -2.38. The lowest BCUT2D eigenvalue weighted by molar-refractivity contribution is -0.142. The second-order valence-corrected chi connectivity index (χ2v) is 11.4. The molecular weight excluding hydrogens is 476 g/mol. The monoisotopic (exact) mass is 510 g/mol. The topological polar surface area (TPSA) is 87.2 Å². The van der Waals surface area contributed by atoms with Crippen LogP contribution in [0.4, 0.5) is 4.79 Å². The average molecular weight is 511 g/mol. The number of ketones is 1. The summed E-state index contributed by atoms with van der Waals surface area (Å²) in [5.74, 6) is -1.41. The van der Waals surface area contributed by atoms with Gasteiger partial charge in [-0.3, -0.25) is 9.59 Å². The van der Waals surface area contributed by atoms with Crippen molar-refractivity contribution >= 4 is 34.9 Å². The van der Waals surface area contributed by atoms with Gasteiger partial charge in [-0.1, -0.05) is 39.0 Å². The Morgan fingerprint density at radius 2 is 1.86 bits per heavy atom. The van der Waals surface area contributed by atoms with Crippen LogP contribution >= 0.6 is 11.3 Å². The first kappa shape index (κ1) is 25.9. The molecule has 36 heavy (non-hydrogen) atoms. The number of carbonyl (C=O) groups is 3. The Morgan fingerprint density at radius 3 is 2.44 bits per heavy atom. The molecular formula is C28H34N2O5S. The van der Waals surface area contributed by atoms with E-state index in [1.54, 1.807) is 16.7 Å². The van der Waals surface area contributed by atoms with E-state index in [-0.39, 0.29) is 28.9 Å². The summed E-state index contributed by atoms with van der Waals surface area (Å²) >= 11 is 1.46. The molecule has 1 unspecified atom stereocenters. The molecule has 2 amide bonds. The van der Waals surface area contributed by atoms with E-state index in [0.717, 1.165) is 16.0 Å². The summed E-state index contributed by atoms with van der Waals surface area (Å²) in [4.78, 5) is 43.1. The minimum atomic E-state index is -0.667. The number of carbonyl (C=O) groups excluding carboxylic acids is 3. The SMILES string of the molecule is CCOC(=O)N1CCC(N2C(=O)C(=O)/C(=C(/O)c3cc(C(C)(C)C)ccc3C)C2c2cccs2)CC1. The average Bonchev–Trinajstić information content (AvgIpc) is 3.45. The highest BCUT2D eigenvalue weighted by Crippen LogP contribution is 2.44. The van der Waals surface area contributed by atoms with Gasteiger partial charge in [-0.25, -0.2) is 4.79 Å². The van der Waals surface area contributed by atoms with Crippen LogP contribution < -0.4 is 0 Å². The Kier molecular flexibility index (Phi) is 7.27. The van der Waals surface area contributed by atoms with Crippen LogP contribution in [0.25, 0.3) is 5.76 Å². The van der Waals surface area contributed by atoms with Gasteiger partial charge in [0.15, 0.2) is 0 Å². The lowest BCUT2D eigenvalue weighted by atomic mass is 9.84. The number of nitrogens with zero attached hydrogens (tertiary/aromatic N) is 2. The summed E-state index contributed by atoms with van der Waals surface area (Å²) in [5.41, 5.74) is 2.42. The number of rotatable bonds is 4. The molecule has 2 saturated heterocycles. The number of hydrogen-bond donors (Lipinski definition) is 1. The highest BCUT2D eigenvalue weighted by molar-refractivity contribution is 7.10. The molecule has 0 spiro atoms. The highest BCUT2D eigenvalue weighted by Gasteiger charge is 2.50. The molecule has 2 aromatic rings. The second kappa shape index (κ2) is 10.1. The Bertz CT molecular complexity index is 1190. The van der Waals surface area contributed by atoms with Crippen LogP contribution in [0.1, 0.15) is 68.1 Å². The lowest BCUT2D eigenvalue weighted by Crippen LogP contribution is -2.48. The van der Waals surface area contributed by atoms with Crippen LogP contribution in [-0.4, -0.2) is 58.4 Å². The maximum atomic E-state index is 13.4. The van der Waals surface area contributed by atoms with Crippen LogP contribution in [0.15, 0.2) is 41.3 Å². The summed E-state index contributed by atoms with van der Waals surface area (Å²) in [6, 6.07) is 8.77. The highest BCUT2D eigenvalue weighted by atomic mass is 32.1. The third kappa shape index (κ3) is 4.78. The third-order valence-corrected chi connectivity index (χ3v) is 7.96. The summed E-state index contributed by atoms with van der Waals surface area (Å²) in [6.07, 6.45) is 0.709. The molecule has 1 atom stereocenters. The zero-order chi connectivity index (χ0) is 26.2. The van der Waals surface area contributed by atoms with Crippen LogP contribution in [0.5, 0.6) is 0 Å². The van der Waals surface area contributed by atoms with Crippen molar-refractivity contribution in [2.75, 3.05) is 19.7 Å². The van der Waals surface area contributed by atoms with Gasteiger partial charge >= 0.3 is 6.09 Å². The zero-order valence-corrected chi connectivity index (χ0v) is 22.4. The van der Waals surface area contributed by atoms with Gasteiger partial charge in [0.05, 0.1) is 18.2 Å². The van der Waals surface area contributed by atoms with Crippen molar-refractivity contribution in [1.82, 2.24) is 9.80 Å². The van der Waals surface area contributed by atoms with Crippen molar-refractivity contribution in [3.63, 3.8) is 0 Å². The molecule has 0 saturated carbocycles. The number of Topliss-reactive ketones (excluding diaryl/α,β-unsaturated/α-hetero) is 1. The van der Waals surface area contributed by atoms with Crippen LogP contribution in [0, 0.1) is 6.92 Å². The van der Waals surface area contributed by atoms with Gasteiger partial charge in [0.25, 0.3) is 11.7 Å². The molecule has 2 aliphatic rings. The quantitative estimate of drug-likeness (QED) is 0.338. The van der Waals surface area contributed by atoms with Gasteiger partial charge in [0.1, 0.15) is 5.76 Å². The molecule has 2 aliphatic heterocycles. The number of benzene rings is 1. The molecule has 0 bridgehead atoms. The van der Waals surface area contributed by atoms with Crippen molar-refractivity contribution in [1.29, 1.82) is 0 Å². The summed E-state index contributed by atoms with van der Waals surface area (Å²) in [6.45, 7) is 11.1. The van der Waals surface area contributed by atoms with Gasteiger partial charge in [0, 0.05) is 29.6 Å². The molecule has 1 aromatic carbocycles. The van der Waals surface area contributed by atoms with Crippen LogP contribution in [-0.2, 0) is 19.7 Å². The van der Waals surface area contributed by atoms with Gasteiger partial charge < -0.3 is 19.6 Å².